The Hall–Kier alpha value is -4.02. The average Bonchev–Trinajstić information content (AvgIpc) is 3.04. The Bertz CT molecular complexity index is 1100. The molecule has 2 aromatic carbocycles. The number of ether oxygens (including phenoxy) is 1. The number of rotatable bonds is 9. The maximum Gasteiger partial charge on any atom is 0.387 e. The number of benzene rings is 2. The minimum atomic E-state index is -2.99. The van der Waals surface area contributed by atoms with Crippen molar-refractivity contribution >= 4 is 29.4 Å². The zero-order chi connectivity index (χ0) is 25.8. The fourth-order valence-corrected chi connectivity index (χ4v) is 3.74. The Balaban J connectivity index is 1.65. The van der Waals surface area contributed by atoms with Crippen LogP contribution in [0.15, 0.2) is 48.5 Å². The maximum absolute atomic E-state index is 13.0. The van der Waals surface area contributed by atoms with E-state index in [1.165, 1.54) is 31.2 Å². The van der Waals surface area contributed by atoms with Crippen LogP contribution in [0.5, 0.6) is 5.75 Å². The number of nitrogens with zero attached hydrogens (tertiary/aromatic N) is 2. The predicted molar refractivity (Wildman–Crippen MR) is 123 cm³/mol. The smallest absolute Gasteiger partial charge is 0.387 e. The lowest BCUT2D eigenvalue weighted by molar-refractivity contribution is -0.133. The van der Waals surface area contributed by atoms with E-state index in [-0.39, 0.29) is 11.7 Å². The summed E-state index contributed by atoms with van der Waals surface area (Å²) in [5.74, 6) is -1.49. The minimum absolute atomic E-state index is 0.0924. The summed E-state index contributed by atoms with van der Waals surface area (Å²) in [4.78, 5) is 52.8. The van der Waals surface area contributed by atoms with Gasteiger partial charge in [-0.2, -0.15) is 8.78 Å². The van der Waals surface area contributed by atoms with Gasteiger partial charge in [0.15, 0.2) is 0 Å². The molecule has 3 rings (SSSR count). The highest BCUT2D eigenvalue weighted by Gasteiger charge is 2.49. The Morgan fingerprint density at radius 2 is 1.66 bits per heavy atom. The first-order valence-corrected chi connectivity index (χ1v) is 11.0. The Kier molecular flexibility index (Phi) is 7.68. The SMILES string of the molecule is CCN(CC)C(=O)c1ccc(NC(=O)CN2C(=O)NC(C)(c3ccc(OC(F)F)cc3)C2=O)cc1. The van der Waals surface area contributed by atoms with Gasteiger partial charge in [-0.3, -0.25) is 19.3 Å². The second-order valence-corrected chi connectivity index (χ2v) is 7.95. The molecule has 11 heteroatoms. The minimum Gasteiger partial charge on any atom is -0.435 e. The molecule has 0 saturated carbocycles. The summed E-state index contributed by atoms with van der Waals surface area (Å²) in [6.45, 7) is 2.85. The van der Waals surface area contributed by atoms with E-state index >= 15 is 0 Å². The highest BCUT2D eigenvalue weighted by molar-refractivity contribution is 6.10. The van der Waals surface area contributed by atoms with E-state index in [0.717, 1.165) is 4.90 Å². The largest absolute Gasteiger partial charge is 0.435 e. The van der Waals surface area contributed by atoms with Crippen LogP contribution >= 0.6 is 0 Å². The van der Waals surface area contributed by atoms with E-state index in [9.17, 15) is 28.0 Å². The molecule has 1 aliphatic rings. The van der Waals surface area contributed by atoms with Gasteiger partial charge in [0.1, 0.15) is 17.8 Å². The van der Waals surface area contributed by atoms with Crippen molar-refractivity contribution in [3.8, 4) is 5.75 Å². The van der Waals surface area contributed by atoms with E-state index in [2.05, 4.69) is 15.4 Å². The number of halogens is 2. The Morgan fingerprint density at radius 3 is 2.20 bits per heavy atom. The molecule has 1 saturated heterocycles. The van der Waals surface area contributed by atoms with Gasteiger partial charge in [0, 0.05) is 24.3 Å². The van der Waals surface area contributed by atoms with Gasteiger partial charge >= 0.3 is 12.6 Å². The number of carbonyl (C=O) groups is 4. The highest BCUT2D eigenvalue weighted by Crippen LogP contribution is 2.30. The molecule has 0 aromatic heterocycles. The third kappa shape index (κ3) is 5.56. The average molecular weight is 488 g/mol. The lowest BCUT2D eigenvalue weighted by Gasteiger charge is -2.22. The number of carbonyl (C=O) groups excluding carboxylic acids is 4. The van der Waals surface area contributed by atoms with Crippen LogP contribution in [0.2, 0.25) is 0 Å². The zero-order valence-electron chi connectivity index (χ0n) is 19.5. The molecule has 5 amide bonds. The highest BCUT2D eigenvalue weighted by atomic mass is 19.3. The molecule has 0 radical (unpaired) electrons. The van der Waals surface area contributed by atoms with Crippen LogP contribution in [0.25, 0.3) is 0 Å². The molecule has 1 atom stereocenters. The summed E-state index contributed by atoms with van der Waals surface area (Å²) in [6, 6.07) is 10.8. The van der Waals surface area contributed by atoms with Gasteiger partial charge in [-0.05, 0) is 62.7 Å². The van der Waals surface area contributed by atoms with Crippen LogP contribution < -0.4 is 15.4 Å². The van der Waals surface area contributed by atoms with Crippen molar-refractivity contribution in [1.82, 2.24) is 15.1 Å². The molecular formula is C24H26F2N4O5. The van der Waals surface area contributed by atoms with Crippen molar-refractivity contribution < 1.29 is 32.7 Å². The van der Waals surface area contributed by atoms with Gasteiger partial charge in [-0.1, -0.05) is 12.1 Å². The van der Waals surface area contributed by atoms with E-state index in [1.807, 2.05) is 13.8 Å². The number of urea groups is 1. The van der Waals surface area contributed by atoms with E-state index in [0.29, 0.717) is 29.9 Å². The first-order chi connectivity index (χ1) is 16.6. The molecule has 0 bridgehead atoms. The summed E-state index contributed by atoms with van der Waals surface area (Å²) < 4.78 is 29.0. The van der Waals surface area contributed by atoms with E-state index < -0.39 is 36.5 Å². The van der Waals surface area contributed by atoms with E-state index in [4.69, 9.17) is 0 Å². The molecule has 0 aliphatic carbocycles. The summed E-state index contributed by atoms with van der Waals surface area (Å²) >= 11 is 0. The molecule has 1 unspecified atom stereocenters. The Morgan fingerprint density at radius 1 is 1.06 bits per heavy atom. The first-order valence-electron chi connectivity index (χ1n) is 11.0. The molecule has 9 nitrogen and oxygen atoms in total. The number of hydrogen-bond acceptors (Lipinski definition) is 5. The van der Waals surface area contributed by atoms with Crippen molar-refractivity contribution in [3.63, 3.8) is 0 Å². The number of alkyl halides is 2. The maximum atomic E-state index is 13.0. The van der Waals surface area contributed by atoms with Crippen LogP contribution in [-0.4, -0.2) is 59.8 Å². The normalized spacial score (nSPS) is 17.4. The van der Waals surface area contributed by atoms with E-state index in [1.54, 1.807) is 29.2 Å². The molecule has 1 heterocycles. The van der Waals surface area contributed by atoms with Gasteiger partial charge in [0.25, 0.3) is 11.8 Å². The first kappa shape index (κ1) is 25.6. The number of amides is 5. The summed E-state index contributed by atoms with van der Waals surface area (Å²) in [5.41, 5.74) is -0.265. The van der Waals surface area contributed by atoms with Crippen LogP contribution in [0, 0.1) is 0 Å². The van der Waals surface area contributed by atoms with Crippen LogP contribution in [0.4, 0.5) is 19.3 Å². The van der Waals surface area contributed by atoms with Crippen LogP contribution in [0.1, 0.15) is 36.7 Å². The topological polar surface area (TPSA) is 108 Å². The van der Waals surface area contributed by atoms with Crippen molar-refractivity contribution in [1.29, 1.82) is 0 Å². The predicted octanol–water partition coefficient (Wildman–Crippen LogP) is 3.18. The molecule has 2 N–H and O–H groups in total. The second kappa shape index (κ2) is 10.5. The number of nitrogens with one attached hydrogen (secondary N) is 2. The van der Waals surface area contributed by atoms with Crippen LogP contribution in [0.3, 0.4) is 0 Å². The molecule has 1 fully saturated rings. The van der Waals surface area contributed by atoms with Gasteiger partial charge in [-0.25, -0.2) is 4.79 Å². The monoisotopic (exact) mass is 488 g/mol. The summed E-state index contributed by atoms with van der Waals surface area (Å²) in [5, 5.41) is 5.14. The Labute approximate surface area is 201 Å². The molecule has 0 spiro atoms. The molecular weight excluding hydrogens is 462 g/mol. The number of anilines is 1. The standard InChI is InChI=1S/C24H26F2N4O5/c1-4-29(5-2)20(32)15-6-10-17(11-7-15)27-19(31)14-30-21(33)24(3,28-23(30)34)16-8-12-18(13-9-16)35-22(25)26/h6-13,22H,4-5,14H2,1-3H3,(H,27,31)(H,28,34). The summed E-state index contributed by atoms with van der Waals surface area (Å²) in [7, 11) is 0. The van der Waals surface area contributed by atoms with Gasteiger partial charge in [0.2, 0.25) is 5.91 Å². The van der Waals surface area contributed by atoms with Gasteiger partial charge < -0.3 is 20.3 Å². The molecule has 186 valence electrons. The second-order valence-electron chi connectivity index (χ2n) is 7.95. The van der Waals surface area contributed by atoms with Crippen molar-refractivity contribution in [2.45, 2.75) is 32.9 Å². The fraction of sp³-hybridized carbons (Fsp3) is 0.333. The van der Waals surface area contributed by atoms with Gasteiger partial charge in [-0.15, -0.1) is 0 Å². The number of imide groups is 1. The third-order valence-electron chi connectivity index (χ3n) is 5.70. The molecule has 35 heavy (non-hydrogen) atoms. The van der Waals surface area contributed by atoms with Crippen molar-refractivity contribution in [2.75, 3.05) is 25.0 Å². The zero-order valence-corrected chi connectivity index (χ0v) is 19.5. The fourth-order valence-electron chi connectivity index (χ4n) is 3.74. The lowest BCUT2D eigenvalue weighted by atomic mass is 9.92. The third-order valence-corrected chi connectivity index (χ3v) is 5.70. The quantitative estimate of drug-likeness (QED) is 0.527. The lowest BCUT2D eigenvalue weighted by Crippen LogP contribution is -2.42. The van der Waals surface area contributed by atoms with Crippen molar-refractivity contribution in [2.24, 2.45) is 0 Å². The van der Waals surface area contributed by atoms with Crippen molar-refractivity contribution in [3.05, 3.63) is 59.7 Å². The molecule has 2 aromatic rings. The molecule has 1 aliphatic heterocycles. The van der Waals surface area contributed by atoms with Crippen LogP contribution in [-0.2, 0) is 15.1 Å². The van der Waals surface area contributed by atoms with Gasteiger partial charge in [0.05, 0.1) is 0 Å². The number of hydrogen-bond donors (Lipinski definition) is 2. The summed E-state index contributed by atoms with van der Waals surface area (Å²) in [6.07, 6.45) is 0.